The highest BCUT2D eigenvalue weighted by Gasteiger charge is 2.28. The number of sulfone groups is 1. The van der Waals surface area contributed by atoms with E-state index in [4.69, 9.17) is 0 Å². The number of rotatable bonds is 3. The Labute approximate surface area is 112 Å². The van der Waals surface area contributed by atoms with Crippen molar-refractivity contribution in [2.45, 2.75) is 13.3 Å². The standard InChI is InChI=1S/C13H17NO4S/c1-9-11(3-2-4-12(9)15)13(16)14-7-10-5-6-19(17,18)8-10/h2-4,10,15H,5-8H2,1H3,(H,14,16). The van der Waals surface area contributed by atoms with Crippen LogP contribution >= 0.6 is 0 Å². The first-order valence-corrected chi connectivity index (χ1v) is 7.98. The molecule has 1 aromatic rings. The number of carbonyl (C=O) groups excluding carboxylic acids is 1. The van der Waals surface area contributed by atoms with E-state index in [2.05, 4.69) is 5.32 Å². The molecule has 1 aromatic carbocycles. The zero-order valence-corrected chi connectivity index (χ0v) is 11.5. The number of phenolic OH excluding ortho intramolecular Hbond substituents is 1. The van der Waals surface area contributed by atoms with Gasteiger partial charge < -0.3 is 10.4 Å². The third kappa shape index (κ3) is 3.26. The second-order valence-electron chi connectivity index (χ2n) is 4.93. The molecule has 1 atom stereocenters. The summed E-state index contributed by atoms with van der Waals surface area (Å²) in [7, 11) is -2.91. The minimum atomic E-state index is -2.91. The van der Waals surface area contributed by atoms with Gasteiger partial charge in [0.1, 0.15) is 5.75 Å². The van der Waals surface area contributed by atoms with Gasteiger partial charge in [0.05, 0.1) is 11.5 Å². The number of phenols is 1. The van der Waals surface area contributed by atoms with E-state index in [1.54, 1.807) is 19.1 Å². The maximum atomic E-state index is 12.0. The van der Waals surface area contributed by atoms with E-state index in [0.29, 0.717) is 24.1 Å². The van der Waals surface area contributed by atoms with Crippen LogP contribution in [-0.2, 0) is 9.84 Å². The first kappa shape index (κ1) is 13.9. The van der Waals surface area contributed by atoms with Crippen molar-refractivity contribution in [3.05, 3.63) is 29.3 Å². The number of benzene rings is 1. The highest BCUT2D eigenvalue weighted by atomic mass is 32.2. The zero-order chi connectivity index (χ0) is 14.0. The summed E-state index contributed by atoms with van der Waals surface area (Å²) in [5.41, 5.74) is 0.944. The van der Waals surface area contributed by atoms with Crippen LogP contribution in [-0.4, -0.2) is 37.5 Å². The Hall–Kier alpha value is -1.56. The van der Waals surface area contributed by atoms with E-state index in [0.717, 1.165) is 0 Å². The topological polar surface area (TPSA) is 83.5 Å². The highest BCUT2D eigenvalue weighted by Crippen LogP contribution is 2.20. The number of amides is 1. The highest BCUT2D eigenvalue weighted by molar-refractivity contribution is 7.91. The SMILES string of the molecule is Cc1c(O)cccc1C(=O)NCC1CCS(=O)(=O)C1. The van der Waals surface area contributed by atoms with Gasteiger partial charge in [-0.15, -0.1) is 0 Å². The van der Waals surface area contributed by atoms with Crippen molar-refractivity contribution in [1.29, 1.82) is 0 Å². The van der Waals surface area contributed by atoms with Crippen LogP contribution < -0.4 is 5.32 Å². The normalized spacial score (nSPS) is 21.2. The van der Waals surface area contributed by atoms with Gasteiger partial charge in [-0.05, 0) is 31.4 Å². The molecule has 1 amide bonds. The molecule has 1 aliphatic heterocycles. The van der Waals surface area contributed by atoms with E-state index >= 15 is 0 Å². The van der Waals surface area contributed by atoms with Crippen LogP contribution in [0.15, 0.2) is 18.2 Å². The van der Waals surface area contributed by atoms with Crippen molar-refractivity contribution in [3.8, 4) is 5.75 Å². The molecule has 5 nitrogen and oxygen atoms in total. The lowest BCUT2D eigenvalue weighted by Gasteiger charge is -2.11. The molecule has 0 radical (unpaired) electrons. The lowest BCUT2D eigenvalue weighted by atomic mass is 10.1. The van der Waals surface area contributed by atoms with E-state index in [1.807, 2.05) is 0 Å². The van der Waals surface area contributed by atoms with Gasteiger partial charge in [0, 0.05) is 17.7 Å². The second kappa shape index (κ2) is 5.21. The molecule has 1 saturated heterocycles. The largest absolute Gasteiger partial charge is 0.508 e. The summed E-state index contributed by atoms with van der Waals surface area (Å²) in [5.74, 6) is 0.144. The Morgan fingerprint density at radius 3 is 2.84 bits per heavy atom. The molecule has 0 saturated carbocycles. The Morgan fingerprint density at radius 1 is 1.47 bits per heavy atom. The third-order valence-electron chi connectivity index (χ3n) is 3.43. The number of hydrogen-bond acceptors (Lipinski definition) is 4. The Balaban J connectivity index is 1.97. The van der Waals surface area contributed by atoms with Gasteiger partial charge in [-0.3, -0.25) is 4.79 Å². The van der Waals surface area contributed by atoms with Crippen LogP contribution in [0.1, 0.15) is 22.3 Å². The van der Waals surface area contributed by atoms with Crippen molar-refractivity contribution in [2.75, 3.05) is 18.1 Å². The molecule has 0 bridgehead atoms. The fraction of sp³-hybridized carbons (Fsp3) is 0.462. The molecule has 2 N–H and O–H groups in total. The summed E-state index contributed by atoms with van der Waals surface area (Å²) < 4.78 is 22.6. The molecule has 104 valence electrons. The van der Waals surface area contributed by atoms with E-state index in [1.165, 1.54) is 6.07 Å². The average Bonchev–Trinajstić information content (AvgIpc) is 2.69. The maximum Gasteiger partial charge on any atom is 0.251 e. The summed E-state index contributed by atoms with van der Waals surface area (Å²) in [5, 5.41) is 12.3. The van der Waals surface area contributed by atoms with Crippen LogP contribution in [0.25, 0.3) is 0 Å². The van der Waals surface area contributed by atoms with Crippen LogP contribution in [0.3, 0.4) is 0 Å². The molecule has 6 heteroatoms. The second-order valence-corrected chi connectivity index (χ2v) is 7.16. The van der Waals surface area contributed by atoms with Crippen molar-refractivity contribution in [3.63, 3.8) is 0 Å². The summed E-state index contributed by atoms with van der Waals surface area (Å²) in [6.07, 6.45) is 0.599. The lowest BCUT2D eigenvalue weighted by molar-refractivity contribution is 0.0947. The average molecular weight is 283 g/mol. The Kier molecular flexibility index (Phi) is 3.80. The molecule has 1 unspecified atom stereocenters. The lowest BCUT2D eigenvalue weighted by Crippen LogP contribution is -2.30. The first-order chi connectivity index (χ1) is 8.89. The molecule has 2 rings (SSSR count). The zero-order valence-electron chi connectivity index (χ0n) is 10.7. The van der Waals surface area contributed by atoms with Gasteiger partial charge in [0.25, 0.3) is 5.91 Å². The fourth-order valence-electron chi connectivity index (χ4n) is 2.23. The predicted octanol–water partition coefficient (Wildman–Crippen LogP) is 0.865. The van der Waals surface area contributed by atoms with Crippen molar-refractivity contribution in [1.82, 2.24) is 5.32 Å². The van der Waals surface area contributed by atoms with Crippen molar-refractivity contribution < 1.29 is 18.3 Å². The van der Waals surface area contributed by atoms with Gasteiger partial charge in [-0.2, -0.15) is 0 Å². The van der Waals surface area contributed by atoms with E-state index in [-0.39, 0.29) is 29.1 Å². The number of hydrogen-bond donors (Lipinski definition) is 2. The number of aromatic hydroxyl groups is 1. The minimum absolute atomic E-state index is 0.00781. The minimum Gasteiger partial charge on any atom is -0.508 e. The molecule has 1 heterocycles. The van der Waals surface area contributed by atoms with E-state index in [9.17, 15) is 18.3 Å². The molecule has 1 fully saturated rings. The molecule has 0 spiro atoms. The number of nitrogens with one attached hydrogen (secondary N) is 1. The van der Waals surface area contributed by atoms with Crippen LogP contribution in [0.4, 0.5) is 0 Å². The predicted molar refractivity (Wildman–Crippen MR) is 71.9 cm³/mol. The third-order valence-corrected chi connectivity index (χ3v) is 5.26. The van der Waals surface area contributed by atoms with Crippen LogP contribution in [0, 0.1) is 12.8 Å². The molecule has 1 aliphatic rings. The summed E-state index contributed by atoms with van der Waals surface area (Å²) in [6.45, 7) is 2.03. The van der Waals surface area contributed by atoms with Crippen LogP contribution in [0.5, 0.6) is 5.75 Å². The van der Waals surface area contributed by atoms with Crippen molar-refractivity contribution in [2.24, 2.45) is 5.92 Å². The van der Waals surface area contributed by atoms with Gasteiger partial charge in [-0.1, -0.05) is 6.07 Å². The summed E-state index contributed by atoms with van der Waals surface area (Å²) >= 11 is 0. The smallest absolute Gasteiger partial charge is 0.251 e. The molecule has 0 aliphatic carbocycles. The molecular weight excluding hydrogens is 266 g/mol. The van der Waals surface area contributed by atoms with Crippen molar-refractivity contribution >= 4 is 15.7 Å². The van der Waals surface area contributed by atoms with Gasteiger partial charge in [0.15, 0.2) is 9.84 Å². The van der Waals surface area contributed by atoms with Crippen LogP contribution in [0.2, 0.25) is 0 Å². The number of carbonyl (C=O) groups is 1. The quantitative estimate of drug-likeness (QED) is 0.862. The fourth-order valence-corrected chi connectivity index (χ4v) is 4.10. The van der Waals surface area contributed by atoms with E-state index < -0.39 is 9.84 Å². The Morgan fingerprint density at radius 2 is 2.21 bits per heavy atom. The summed E-state index contributed by atoms with van der Waals surface area (Å²) in [4.78, 5) is 12.0. The Bertz CT molecular complexity index is 595. The monoisotopic (exact) mass is 283 g/mol. The molecular formula is C13H17NO4S. The van der Waals surface area contributed by atoms with Gasteiger partial charge in [-0.25, -0.2) is 8.42 Å². The molecule has 0 aromatic heterocycles. The molecule has 19 heavy (non-hydrogen) atoms. The summed E-state index contributed by atoms with van der Waals surface area (Å²) in [6, 6.07) is 4.77. The maximum absolute atomic E-state index is 12.0. The van der Waals surface area contributed by atoms with Gasteiger partial charge in [0.2, 0.25) is 0 Å². The van der Waals surface area contributed by atoms with Gasteiger partial charge >= 0.3 is 0 Å². The first-order valence-electron chi connectivity index (χ1n) is 6.16.